The van der Waals surface area contributed by atoms with Gasteiger partial charge in [-0.25, -0.2) is 4.79 Å². The lowest BCUT2D eigenvalue weighted by Gasteiger charge is -2.36. The second-order valence-electron chi connectivity index (χ2n) is 5.96. The molecular formula is C18H22N2O4. The normalized spacial score (nSPS) is 15.5. The molecule has 1 aliphatic rings. The van der Waals surface area contributed by atoms with E-state index >= 15 is 0 Å². The van der Waals surface area contributed by atoms with E-state index in [1.807, 2.05) is 19.1 Å². The van der Waals surface area contributed by atoms with Crippen molar-refractivity contribution < 1.29 is 19.1 Å². The minimum atomic E-state index is -1.02. The van der Waals surface area contributed by atoms with Crippen LogP contribution in [0.2, 0.25) is 0 Å². The van der Waals surface area contributed by atoms with E-state index < -0.39 is 5.97 Å². The van der Waals surface area contributed by atoms with E-state index in [0.717, 1.165) is 37.5 Å². The minimum absolute atomic E-state index is 0.0116. The predicted molar refractivity (Wildman–Crippen MR) is 90.9 cm³/mol. The van der Waals surface area contributed by atoms with Crippen LogP contribution in [0.4, 0.5) is 5.69 Å². The van der Waals surface area contributed by atoms with Crippen LogP contribution in [-0.4, -0.2) is 49.3 Å². The number of piperazine rings is 1. The summed E-state index contributed by atoms with van der Waals surface area (Å²) in [6, 6.07) is 9.73. The molecule has 1 saturated heterocycles. The number of methoxy groups -OCH3 is 1. The van der Waals surface area contributed by atoms with Gasteiger partial charge < -0.3 is 19.2 Å². The van der Waals surface area contributed by atoms with Gasteiger partial charge in [-0.05, 0) is 25.1 Å². The van der Waals surface area contributed by atoms with Crippen LogP contribution in [0.15, 0.2) is 34.7 Å². The molecule has 0 unspecified atom stereocenters. The van der Waals surface area contributed by atoms with Crippen molar-refractivity contribution >= 4 is 11.7 Å². The van der Waals surface area contributed by atoms with Gasteiger partial charge in [0, 0.05) is 50.0 Å². The SMILES string of the molecule is COc1cccc(N2CCN(Cc3cc(C(=O)O)oc3C)CC2)c1. The summed E-state index contributed by atoms with van der Waals surface area (Å²) in [4.78, 5) is 15.6. The van der Waals surface area contributed by atoms with Crippen LogP contribution in [0, 0.1) is 6.92 Å². The van der Waals surface area contributed by atoms with Crippen LogP contribution in [-0.2, 0) is 6.54 Å². The summed E-state index contributed by atoms with van der Waals surface area (Å²) < 4.78 is 10.6. The van der Waals surface area contributed by atoms with Gasteiger partial charge in [-0.15, -0.1) is 0 Å². The van der Waals surface area contributed by atoms with Crippen LogP contribution >= 0.6 is 0 Å². The monoisotopic (exact) mass is 330 g/mol. The molecule has 2 heterocycles. The van der Waals surface area contributed by atoms with Gasteiger partial charge in [0.1, 0.15) is 11.5 Å². The van der Waals surface area contributed by atoms with Crippen molar-refractivity contribution in [3.63, 3.8) is 0 Å². The highest BCUT2D eigenvalue weighted by atomic mass is 16.5. The first-order chi connectivity index (χ1) is 11.6. The largest absolute Gasteiger partial charge is 0.497 e. The summed E-state index contributed by atoms with van der Waals surface area (Å²) in [7, 11) is 1.68. The molecule has 1 aromatic heterocycles. The quantitative estimate of drug-likeness (QED) is 0.909. The van der Waals surface area contributed by atoms with Gasteiger partial charge in [0.05, 0.1) is 7.11 Å². The van der Waals surface area contributed by atoms with Crippen molar-refractivity contribution in [2.24, 2.45) is 0 Å². The molecule has 0 atom stereocenters. The summed E-state index contributed by atoms with van der Waals surface area (Å²) >= 11 is 0. The molecule has 1 fully saturated rings. The number of rotatable bonds is 5. The third kappa shape index (κ3) is 3.54. The van der Waals surface area contributed by atoms with Crippen molar-refractivity contribution in [2.75, 3.05) is 38.2 Å². The Balaban J connectivity index is 1.60. The second kappa shape index (κ2) is 6.97. The zero-order valence-electron chi connectivity index (χ0n) is 14.0. The van der Waals surface area contributed by atoms with E-state index in [1.165, 1.54) is 5.69 Å². The zero-order valence-corrected chi connectivity index (χ0v) is 14.0. The minimum Gasteiger partial charge on any atom is -0.497 e. The highest BCUT2D eigenvalue weighted by Gasteiger charge is 2.20. The van der Waals surface area contributed by atoms with Gasteiger partial charge in [-0.3, -0.25) is 4.90 Å². The molecule has 0 amide bonds. The second-order valence-corrected chi connectivity index (χ2v) is 5.96. The first-order valence-electron chi connectivity index (χ1n) is 8.01. The number of hydrogen-bond acceptors (Lipinski definition) is 5. The lowest BCUT2D eigenvalue weighted by atomic mass is 10.2. The maximum Gasteiger partial charge on any atom is 0.371 e. The molecule has 3 rings (SSSR count). The topological polar surface area (TPSA) is 66.2 Å². The molecule has 1 aromatic carbocycles. The van der Waals surface area contributed by atoms with Gasteiger partial charge in [-0.1, -0.05) is 6.07 Å². The highest BCUT2D eigenvalue weighted by molar-refractivity contribution is 5.84. The Morgan fingerprint density at radius 1 is 1.25 bits per heavy atom. The lowest BCUT2D eigenvalue weighted by Crippen LogP contribution is -2.46. The first kappa shape index (κ1) is 16.4. The average Bonchev–Trinajstić information content (AvgIpc) is 2.97. The third-order valence-electron chi connectivity index (χ3n) is 4.42. The van der Waals surface area contributed by atoms with Crippen LogP contribution in [0.25, 0.3) is 0 Å². The number of ether oxygens (including phenoxy) is 1. The Bertz CT molecular complexity index is 718. The average molecular weight is 330 g/mol. The van der Waals surface area contributed by atoms with E-state index in [1.54, 1.807) is 13.2 Å². The van der Waals surface area contributed by atoms with Crippen molar-refractivity contribution in [1.82, 2.24) is 4.90 Å². The fourth-order valence-corrected chi connectivity index (χ4v) is 2.99. The van der Waals surface area contributed by atoms with E-state index in [4.69, 9.17) is 14.3 Å². The summed E-state index contributed by atoms with van der Waals surface area (Å²) in [5, 5.41) is 9.01. The molecule has 128 valence electrons. The number of aryl methyl sites for hydroxylation is 1. The number of furan rings is 1. The fraction of sp³-hybridized carbons (Fsp3) is 0.389. The molecule has 0 saturated carbocycles. The molecule has 1 N–H and O–H groups in total. The fourth-order valence-electron chi connectivity index (χ4n) is 2.99. The Kier molecular flexibility index (Phi) is 4.76. The number of hydrogen-bond donors (Lipinski definition) is 1. The Morgan fingerprint density at radius 3 is 2.62 bits per heavy atom. The summed E-state index contributed by atoms with van der Waals surface area (Å²) in [6.45, 7) is 6.23. The molecule has 0 radical (unpaired) electrons. The van der Waals surface area contributed by atoms with Crippen molar-refractivity contribution in [1.29, 1.82) is 0 Å². The number of carbonyl (C=O) groups is 1. The van der Waals surface area contributed by atoms with Crippen LogP contribution < -0.4 is 9.64 Å². The number of nitrogens with zero attached hydrogens (tertiary/aromatic N) is 2. The van der Waals surface area contributed by atoms with Gasteiger partial charge in [0.15, 0.2) is 0 Å². The standard InChI is InChI=1S/C18H22N2O4/c1-13-14(10-17(24-13)18(21)22)12-19-6-8-20(9-7-19)15-4-3-5-16(11-15)23-2/h3-5,10-11H,6-9,12H2,1-2H3,(H,21,22). The molecule has 6 heteroatoms. The molecule has 6 nitrogen and oxygen atoms in total. The number of anilines is 1. The highest BCUT2D eigenvalue weighted by Crippen LogP contribution is 2.23. The van der Waals surface area contributed by atoms with Crippen LogP contribution in [0.1, 0.15) is 21.9 Å². The predicted octanol–water partition coefficient (Wildman–Crippen LogP) is 2.62. The summed E-state index contributed by atoms with van der Waals surface area (Å²) in [5.41, 5.74) is 2.11. The summed E-state index contributed by atoms with van der Waals surface area (Å²) in [5.74, 6) is 0.539. The third-order valence-corrected chi connectivity index (χ3v) is 4.42. The zero-order chi connectivity index (χ0) is 17.1. The molecular weight excluding hydrogens is 308 g/mol. The Morgan fingerprint density at radius 2 is 2.00 bits per heavy atom. The van der Waals surface area contributed by atoms with E-state index in [0.29, 0.717) is 12.3 Å². The van der Waals surface area contributed by atoms with E-state index in [-0.39, 0.29) is 5.76 Å². The maximum atomic E-state index is 11.0. The Hall–Kier alpha value is -2.47. The first-order valence-corrected chi connectivity index (χ1v) is 8.01. The maximum absolute atomic E-state index is 11.0. The van der Waals surface area contributed by atoms with Crippen LogP contribution in [0.3, 0.4) is 0 Å². The van der Waals surface area contributed by atoms with Crippen molar-refractivity contribution in [2.45, 2.75) is 13.5 Å². The molecule has 0 bridgehead atoms. The van der Waals surface area contributed by atoms with Crippen LogP contribution in [0.5, 0.6) is 5.75 Å². The van der Waals surface area contributed by atoms with Crippen molar-refractivity contribution in [3.05, 3.63) is 47.4 Å². The van der Waals surface area contributed by atoms with Gasteiger partial charge in [0.2, 0.25) is 5.76 Å². The van der Waals surface area contributed by atoms with E-state index in [9.17, 15) is 4.79 Å². The number of carboxylic acids is 1. The molecule has 0 aliphatic carbocycles. The number of benzene rings is 1. The molecule has 24 heavy (non-hydrogen) atoms. The van der Waals surface area contributed by atoms with Crippen molar-refractivity contribution in [3.8, 4) is 5.75 Å². The molecule has 1 aliphatic heterocycles. The molecule has 0 spiro atoms. The number of carboxylic acid groups (broad SMARTS) is 1. The van der Waals surface area contributed by atoms with Gasteiger partial charge >= 0.3 is 5.97 Å². The van der Waals surface area contributed by atoms with Gasteiger partial charge in [0.25, 0.3) is 0 Å². The van der Waals surface area contributed by atoms with E-state index in [2.05, 4.69) is 21.9 Å². The molecule has 2 aromatic rings. The smallest absolute Gasteiger partial charge is 0.371 e. The lowest BCUT2D eigenvalue weighted by molar-refractivity contribution is 0.0661. The number of aromatic carboxylic acids is 1. The Labute approximate surface area is 141 Å². The van der Waals surface area contributed by atoms with Gasteiger partial charge in [-0.2, -0.15) is 0 Å². The summed E-state index contributed by atoms with van der Waals surface area (Å²) in [6.07, 6.45) is 0.